The molecule has 34 heavy (non-hydrogen) atoms. The summed E-state index contributed by atoms with van der Waals surface area (Å²) in [5.41, 5.74) is 2.83. The normalized spacial score (nSPS) is 17.0. The van der Waals surface area contributed by atoms with E-state index >= 15 is 0 Å². The van der Waals surface area contributed by atoms with Gasteiger partial charge in [0.1, 0.15) is 11.6 Å². The van der Waals surface area contributed by atoms with E-state index in [9.17, 15) is 8.78 Å². The van der Waals surface area contributed by atoms with Crippen LogP contribution in [-0.2, 0) is 6.54 Å². The lowest BCUT2D eigenvalue weighted by atomic mass is 9.99. The van der Waals surface area contributed by atoms with E-state index < -0.39 is 11.6 Å². The van der Waals surface area contributed by atoms with Gasteiger partial charge in [0, 0.05) is 49.2 Å². The van der Waals surface area contributed by atoms with Gasteiger partial charge in [0.25, 0.3) is 0 Å². The average molecular weight is 459 g/mol. The van der Waals surface area contributed by atoms with Gasteiger partial charge in [0.05, 0.1) is 11.2 Å². The number of hydrogen-bond donors (Lipinski definition) is 0. The van der Waals surface area contributed by atoms with Gasteiger partial charge in [-0.15, -0.1) is 0 Å². The second-order valence-electron chi connectivity index (χ2n) is 9.24. The molecule has 4 aromatic rings. The van der Waals surface area contributed by atoms with E-state index in [-0.39, 0.29) is 11.6 Å². The maximum atomic E-state index is 14.8. The molecule has 174 valence electrons. The number of nitrogens with zero attached hydrogens (tertiary/aromatic N) is 4. The van der Waals surface area contributed by atoms with Crippen LogP contribution in [0.25, 0.3) is 22.2 Å². The van der Waals surface area contributed by atoms with Gasteiger partial charge >= 0.3 is 0 Å². The Morgan fingerprint density at radius 2 is 1.68 bits per heavy atom. The summed E-state index contributed by atoms with van der Waals surface area (Å²) in [7, 11) is 0. The molecular weight excluding hydrogens is 430 g/mol. The number of hydrogen-bond acceptors (Lipinski definition) is 4. The number of piperazine rings is 1. The largest absolute Gasteiger partial charge is 0.335 e. The van der Waals surface area contributed by atoms with Crippen LogP contribution in [0, 0.1) is 17.6 Å². The van der Waals surface area contributed by atoms with E-state index in [0.29, 0.717) is 17.6 Å². The van der Waals surface area contributed by atoms with Crippen LogP contribution < -0.4 is 4.90 Å². The average Bonchev–Trinajstić information content (AvgIpc) is 2.84. The van der Waals surface area contributed by atoms with Gasteiger partial charge in [0.15, 0.2) is 0 Å². The predicted molar refractivity (Wildman–Crippen MR) is 133 cm³/mol. The van der Waals surface area contributed by atoms with Crippen LogP contribution in [0.4, 0.5) is 14.7 Å². The first-order chi connectivity index (χ1) is 16.5. The number of para-hydroxylation sites is 1. The molecule has 2 heterocycles. The molecule has 5 rings (SSSR count). The van der Waals surface area contributed by atoms with Crippen molar-refractivity contribution in [3.63, 3.8) is 0 Å². The molecule has 1 aromatic heterocycles. The summed E-state index contributed by atoms with van der Waals surface area (Å²) in [4.78, 5) is 14.5. The van der Waals surface area contributed by atoms with Crippen LogP contribution >= 0.6 is 0 Å². The zero-order valence-corrected chi connectivity index (χ0v) is 19.5. The van der Waals surface area contributed by atoms with Crippen molar-refractivity contribution in [1.29, 1.82) is 0 Å². The third-order valence-corrected chi connectivity index (χ3v) is 6.56. The minimum Gasteiger partial charge on any atom is -0.335 e. The highest BCUT2D eigenvalue weighted by Gasteiger charge is 2.31. The zero-order chi connectivity index (χ0) is 23.7. The Balaban J connectivity index is 1.52. The van der Waals surface area contributed by atoms with Crippen molar-refractivity contribution in [1.82, 2.24) is 14.9 Å². The molecule has 6 heteroatoms. The second-order valence-corrected chi connectivity index (χ2v) is 9.24. The van der Waals surface area contributed by atoms with E-state index in [0.717, 1.165) is 43.1 Å². The third kappa shape index (κ3) is 4.50. The van der Waals surface area contributed by atoms with E-state index in [2.05, 4.69) is 47.9 Å². The summed E-state index contributed by atoms with van der Waals surface area (Å²) < 4.78 is 28.4. The lowest BCUT2D eigenvalue weighted by Gasteiger charge is -2.43. The highest BCUT2D eigenvalue weighted by Crippen LogP contribution is 2.32. The van der Waals surface area contributed by atoms with Gasteiger partial charge in [-0.05, 0) is 29.7 Å². The molecular formula is C28H28F2N4. The topological polar surface area (TPSA) is 32.3 Å². The molecule has 1 aliphatic heterocycles. The number of fused-ring (bicyclic) bond motifs is 1. The molecule has 0 bridgehead atoms. The zero-order valence-electron chi connectivity index (χ0n) is 19.5. The molecule has 1 fully saturated rings. The minimum absolute atomic E-state index is 0.213. The van der Waals surface area contributed by atoms with Gasteiger partial charge in [0.2, 0.25) is 5.95 Å². The van der Waals surface area contributed by atoms with Gasteiger partial charge in [-0.1, -0.05) is 62.4 Å². The number of halogens is 2. The Labute approximate surface area is 198 Å². The number of rotatable bonds is 5. The summed E-state index contributed by atoms with van der Waals surface area (Å²) in [5.74, 6) is -0.257. The summed E-state index contributed by atoms with van der Waals surface area (Å²) in [6.45, 7) is 7.88. The van der Waals surface area contributed by atoms with Crippen molar-refractivity contribution in [2.45, 2.75) is 26.4 Å². The van der Waals surface area contributed by atoms with Gasteiger partial charge in [-0.2, -0.15) is 0 Å². The lowest BCUT2D eigenvalue weighted by molar-refractivity contribution is 0.191. The fourth-order valence-corrected chi connectivity index (χ4v) is 4.75. The van der Waals surface area contributed by atoms with Gasteiger partial charge in [-0.25, -0.2) is 18.7 Å². The molecule has 1 aliphatic rings. The minimum atomic E-state index is -0.622. The van der Waals surface area contributed by atoms with Crippen molar-refractivity contribution < 1.29 is 8.78 Å². The number of benzene rings is 3. The van der Waals surface area contributed by atoms with Crippen LogP contribution in [0.5, 0.6) is 0 Å². The molecule has 1 saturated heterocycles. The Bertz CT molecular complexity index is 1290. The van der Waals surface area contributed by atoms with Crippen LogP contribution in [0.3, 0.4) is 0 Å². The van der Waals surface area contributed by atoms with Crippen molar-refractivity contribution in [2.24, 2.45) is 5.92 Å². The molecule has 0 aliphatic carbocycles. The molecule has 0 spiro atoms. The quantitative estimate of drug-likeness (QED) is 0.372. The molecule has 0 N–H and O–H groups in total. The fourth-order valence-electron chi connectivity index (χ4n) is 4.75. The van der Waals surface area contributed by atoms with Gasteiger partial charge in [-0.3, -0.25) is 4.90 Å². The second kappa shape index (κ2) is 9.47. The molecule has 0 radical (unpaired) electrons. The van der Waals surface area contributed by atoms with E-state index in [1.54, 1.807) is 0 Å². The fraction of sp³-hybridized carbons (Fsp3) is 0.286. The standard InChI is InChI=1S/C28H28F2N4/c1-19(2)26-18-33(17-20-8-4-3-5-9-20)14-15-34(26)28-31-25-11-7-6-10-23(25)27(32-28)22-13-12-21(29)16-24(22)30/h3-13,16,19,26H,14-15,17-18H2,1-2H3. The van der Waals surface area contributed by atoms with Crippen LogP contribution in [0.2, 0.25) is 0 Å². The maximum absolute atomic E-state index is 14.8. The Kier molecular flexibility index (Phi) is 6.24. The Hall–Kier alpha value is -3.38. The van der Waals surface area contributed by atoms with Crippen molar-refractivity contribution in [2.75, 3.05) is 24.5 Å². The lowest BCUT2D eigenvalue weighted by Crippen LogP contribution is -2.55. The summed E-state index contributed by atoms with van der Waals surface area (Å²) >= 11 is 0. The highest BCUT2D eigenvalue weighted by molar-refractivity contribution is 5.93. The van der Waals surface area contributed by atoms with Crippen molar-refractivity contribution in [3.05, 3.63) is 90.0 Å². The predicted octanol–water partition coefficient (Wildman–Crippen LogP) is 5.92. The van der Waals surface area contributed by atoms with Crippen molar-refractivity contribution >= 4 is 16.9 Å². The Morgan fingerprint density at radius 3 is 2.44 bits per heavy atom. The van der Waals surface area contributed by atoms with Crippen LogP contribution in [-0.4, -0.2) is 40.5 Å². The Morgan fingerprint density at radius 1 is 0.912 bits per heavy atom. The van der Waals surface area contributed by atoms with Crippen LogP contribution in [0.15, 0.2) is 72.8 Å². The smallest absolute Gasteiger partial charge is 0.226 e. The maximum Gasteiger partial charge on any atom is 0.226 e. The number of anilines is 1. The molecule has 1 unspecified atom stereocenters. The molecule has 3 aromatic carbocycles. The van der Waals surface area contributed by atoms with E-state index in [4.69, 9.17) is 9.97 Å². The molecule has 0 saturated carbocycles. The van der Waals surface area contributed by atoms with E-state index in [1.807, 2.05) is 30.3 Å². The third-order valence-electron chi connectivity index (χ3n) is 6.56. The number of aromatic nitrogens is 2. The summed E-state index contributed by atoms with van der Waals surface area (Å²) in [6.07, 6.45) is 0. The molecule has 4 nitrogen and oxygen atoms in total. The first kappa shape index (κ1) is 22.4. The monoisotopic (exact) mass is 458 g/mol. The van der Waals surface area contributed by atoms with Crippen molar-refractivity contribution in [3.8, 4) is 11.3 Å². The first-order valence-corrected chi connectivity index (χ1v) is 11.7. The SMILES string of the molecule is CC(C)C1CN(Cc2ccccc2)CCN1c1nc(-c2ccc(F)cc2F)c2ccccc2n1. The van der Waals surface area contributed by atoms with Gasteiger partial charge < -0.3 is 4.90 Å². The summed E-state index contributed by atoms with van der Waals surface area (Å²) in [6, 6.07) is 22.0. The first-order valence-electron chi connectivity index (χ1n) is 11.7. The molecule has 1 atom stereocenters. The molecule has 0 amide bonds. The summed E-state index contributed by atoms with van der Waals surface area (Å²) in [5, 5.41) is 0.751. The van der Waals surface area contributed by atoms with Crippen LogP contribution in [0.1, 0.15) is 19.4 Å². The highest BCUT2D eigenvalue weighted by atomic mass is 19.1. The van der Waals surface area contributed by atoms with E-state index in [1.165, 1.54) is 17.7 Å².